The highest BCUT2D eigenvalue weighted by atomic mass is 79.9. The summed E-state index contributed by atoms with van der Waals surface area (Å²) in [4.78, 5) is 0.911. The van der Waals surface area contributed by atoms with Gasteiger partial charge in [-0.15, -0.1) is 13.0 Å². The molecule has 13 heavy (non-hydrogen) atoms. The molecule has 3 heteroatoms. The van der Waals surface area contributed by atoms with Gasteiger partial charge < -0.3 is 4.43 Å². The van der Waals surface area contributed by atoms with Crippen molar-refractivity contribution in [3.63, 3.8) is 0 Å². The van der Waals surface area contributed by atoms with Gasteiger partial charge >= 0.3 is 0 Å². The maximum absolute atomic E-state index is 5.84. The number of alkyl halides is 1. The summed E-state index contributed by atoms with van der Waals surface area (Å²) in [7, 11) is -1.60. The Hall–Kier alpha value is -0.0431. The first kappa shape index (κ1) is 13.0. The van der Waals surface area contributed by atoms with E-state index in [-0.39, 0.29) is 6.10 Å². The van der Waals surface area contributed by atoms with Crippen LogP contribution in [-0.4, -0.2) is 19.4 Å². The fourth-order valence-corrected chi connectivity index (χ4v) is 2.25. The van der Waals surface area contributed by atoms with Gasteiger partial charge in [0.25, 0.3) is 0 Å². The van der Waals surface area contributed by atoms with Crippen LogP contribution in [0.3, 0.4) is 0 Å². The van der Waals surface area contributed by atoms with E-state index in [1.54, 1.807) is 0 Å². The van der Waals surface area contributed by atoms with Crippen molar-refractivity contribution in [1.82, 2.24) is 0 Å². The van der Waals surface area contributed by atoms with Gasteiger partial charge in [0.1, 0.15) is 6.10 Å². The van der Waals surface area contributed by atoms with Gasteiger partial charge in [0.05, 0.1) is 0 Å². The second kappa shape index (κ2) is 5.64. The molecule has 74 valence electrons. The molecular weight excluding hydrogens is 244 g/mol. The maximum atomic E-state index is 5.84. The Morgan fingerprint density at radius 2 is 2.23 bits per heavy atom. The van der Waals surface area contributed by atoms with E-state index in [9.17, 15) is 0 Å². The van der Waals surface area contributed by atoms with E-state index in [4.69, 9.17) is 10.8 Å². The summed E-state index contributed by atoms with van der Waals surface area (Å²) < 4.78 is 5.84. The van der Waals surface area contributed by atoms with E-state index < -0.39 is 8.32 Å². The molecule has 0 aromatic heterocycles. The van der Waals surface area contributed by atoms with Crippen LogP contribution in [0.2, 0.25) is 13.1 Å². The molecule has 0 heterocycles. The summed E-state index contributed by atoms with van der Waals surface area (Å²) in [5.74, 6) is 2.65. The molecule has 1 nitrogen and oxygen atoms in total. The lowest BCUT2D eigenvalue weighted by Gasteiger charge is -2.24. The summed E-state index contributed by atoms with van der Waals surface area (Å²) in [6.45, 7) is 10.1. The minimum atomic E-state index is -1.60. The predicted molar refractivity (Wildman–Crippen MR) is 64.4 cm³/mol. The Labute approximate surface area is 90.8 Å². The Morgan fingerprint density at radius 1 is 1.69 bits per heavy atom. The van der Waals surface area contributed by atoms with Crippen LogP contribution in [-0.2, 0) is 4.43 Å². The zero-order valence-corrected chi connectivity index (χ0v) is 11.1. The highest BCUT2D eigenvalue weighted by Gasteiger charge is 2.24. The second-order valence-corrected chi connectivity index (χ2v) is 9.53. The van der Waals surface area contributed by atoms with Crippen molar-refractivity contribution in [2.75, 3.05) is 4.95 Å². The van der Waals surface area contributed by atoms with Crippen molar-refractivity contribution in [3.05, 3.63) is 12.2 Å². The Kier molecular flexibility index (Phi) is 5.62. The molecule has 0 aliphatic carbocycles. The summed E-state index contributed by atoms with van der Waals surface area (Å²) >= 11 is 3.44. The fourth-order valence-electron chi connectivity index (χ4n) is 0.868. The van der Waals surface area contributed by atoms with Crippen LogP contribution in [0.5, 0.6) is 0 Å². The van der Waals surface area contributed by atoms with Crippen molar-refractivity contribution < 1.29 is 4.43 Å². The largest absolute Gasteiger partial charge is 0.403 e. The maximum Gasteiger partial charge on any atom is 0.198 e. The monoisotopic (exact) mass is 260 g/mol. The number of halogens is 1. The van der Waals surface area contributed by atoms with Gasteiger partial charge in [-0.05, 0) is 20.0 Å². The van der Waals surface area contributed by atoms with Gasteiger partial charge in [-0.3, -0.25) is 0 Å². The molecule has 0 spiro atoms. The predicted octanol–water partition coefficient (Wildman–Crippen LogP) is 3.11. The molecule has 1 atom stereocenters. The third-order valence-corrected chi connectivity index (χ3v) is 7.12. The molecule has 0 saturated heterocycles. The first-order chi connectivity index (χ1) is 5.91. The summed E-state index contributed by atoms with van der Waals surface area (Å²) in [5, 5.41) is 0. The van der Waals surface area contributed by atoms with Crippen LogP contribution in [0.25, 0.3) is 0 Å². The highest BCUT2D eigenvalue weighted by molar-refractivity contribution is 9.09. The van der Waals surface area contributed by atoms with Crippen LogP contribution in [0, 0.1) is 12.3 Å². The first-order valence-corrected chi connectivity index (χ1v) is 8.49. The molecule has 0 rings (SSSR count). The molecule has 0 aromatic rings. The fraction of sp³-hybridized carbons (Fsp3) is 0.600. The van der Waals surface area contributed by atoms with E-state index >= 15 is 0 Å². The third-order valence-electron chi connectivity index (χ3n) is 1.50. The van der Waals surface area contributed by atoms with Gasteiger partial charge in [0.2, 0.25) is 0 Å². The zero-order chi connectivity index (χ0) is 10.5. The van der Waals surface area contributed by atoms with Crippen molar-refractivity contribution in [2.45, 2.75) is 32.5 Å². The van der Waals surface area contributed by atoms with Crippen LogP contribution in [0.1, 0.15) is 13.3 Å². The van der Waals surface area contributed by atoms with Gasteiger partial charge in [-0.25, -0.2) is 0 Å². The van der Waals surface area contributed by atoms with Gasteiger partial charge in [0.15, 0.2) is 8.32 Å². The molecule has 0 radical (unpaired) electrons. The lowest BCUT2D eigenvalue weighted by atomic mass is 10.2. The number of hydrogen-bond donors (Lipinski definition) is 0. The van der Waals surface area contributed by atoms with E-state index in [0.29, 0.717) is 0 Å². The van der Waals surface area contributed by atoms with Gasteiger partial charge in [-0.2, -0.15) is 0 Å². The molecule has 0 aliphatic heterocycles. The van der Waals surface area contributed by atoms with Crippen molar-refractivity contribution in [2.24, 2.45) is 0 Å². The molecule has 0 bridgehead atoms. The quantitative estimate of drug-likeness (QED) is 0.320. The average molecular weight is 261 g/mol. The number of terminal acetylenes is 1. The topological polar surface area (TPSA) is 9.23 Å². The number of rotatable bonds is 5. The Balaban J connectivity index is 4.15. The zero-order valence-electron chi connectivity index (χ0n) is 8.56. The van der Waals surface area contributed by atoms with E-state index in [1.807, 2.05) is 6.92 Å². The molecule has 0 unspecified atom stereocenters. The van der Waals surface area contributed by atoms with Crippen molar-refractivity contribution in [1.29, 1.82) is 0 Å². The van der Waals surface area contributed by atoms with Crippen LogP contribution in [0.4, 0.5) is 0 Å². The normalized spacial score (nSPS) is 13.5. The lowest BCUT2D eigenvalue weighted by Crippen LogP contribution is -2.37. The van der Waals surface area contributed by atoms with Crippen molar-refractivity contribution in [3.8, 4) is 12.3 Å². The molecule has 0 aliphatic rings. The van der Waals surface area contributed by atoms with Crippen LogP contribution < -0.4 is 0 Å². The Morgan fingerprint density at radius 3 is 2.54 bits per heavy atom. The van der Waals surface area contributed by atoms with E-state index in [0.717, 1.165) is 16.9 Å². The molecule has 0 amide bonds. The minimum Gasteiger partial charge on any atom is -0.403 e. The summed E-state index contributed by atoms with van der Waals surface area (Å²) in [6.07, 6.45) is 6.04. The van der Waals surface area contributed by atoms with Crippen molar-refractivity contribution >= 4 is 24.2 Å². The summed E-state index contributed by atoms with van der Waals surface area (Å²) in [6, 6.07) is 0. The lowest BCUT2D eigenvalue weighted by molar-refractivity contribution is 0.251. The minimum absolute atomic E-state index is 0.100. The average Bonchev–Trinajstić information content (AvgIpc) is 2.02. The smallest absolute Gasteiger partial charge is 0.198 e. The van der Waals surface area contributed by atoms with E-state index in [2.05, 4.69) is 41.5 Å². The van der Waals surface area contributed by atoms with Crippen LogP contribution in [0.15, 0.2) is 12.2 Å². The number of hydrogen-bond acceptors (Lipinski definition) is 1. The molecule has 0 N–H and O–H groups in total. The molecular formula is C10H17BrOSi. The second-order valence-electron chi connectivity index (χ2n) is 3.83. The SMILES string of the molecule is C#C[C@H](CC(=C)C)O[Si](C)(C)CBr. The molecule has 0 aromatic carbocycles. The first-order valence-electron chi connectivity index (χ1n) is 4.25. The molecule has 0 fully saturated rings. The highest BCUT2D eigenvalue weighted by Crippen LogP contribution is 2.14. The third kappa shape index (κ3) is 6.09. The van der Waals surface area contributed by atoms with Crippen LogP contribution >= 0.6 is 15.9 Å². The van der Waals surface area contributed by atoms with Gasteiger partial charge in [0, 0.05) is 11.4 Å². The van der Waals surface area contributed by atoms with E-state index in [1.165, 1.54) is 0 Å². The van der Waals surface area contributed by atoms with Gasteiger partial charge in [-0.1, -0.05) is 27.4 Å². The standard InChI is InChI=1S/C10H17BrOSi/c1-6-10(7-9(2)3)12-13(4,5)8-11/h1,10H,2,7-8H2,3-5H3/t10-/m1/s1. The molecule has 0 saturated carbocycles. The summed E-state index contributed by atoms with van der Waals surface area (Å²) in [5.41, 5.74) is 1.07. The Bertz CT molecular complexity index is 217.